The third-order valence-corrected chi connectivity index (χ3v) is 7.46. The van der Waals surface area contributed by atoms with Crippen molar-refractivity contribution in [1.29, 1.82) is 0 Å². The van der Waals surface area contributed by atoms with Gasteiger partial charge >= 0.3 is 0 Å². The van der Waals surface area contributed by atoms with Crippen molar-refractivity contribution in [2.45, 2.75) is 21.4 Å². The van der Waals surface area contributed by atoms with Crippen LogP contribution in [0.3, 0.4) is 0 Å². The van der Waals surface area contributed by atoms with Crippen molar-refractivity contribution >= 4 is 74.0 Å². The molecule has 0 bridgehead atoms. The van der Waals surface area contributed by atoms with E-state index in [1.54, 1.807) is 11.8 Å². The van der Waals surface area contributed by atoms with E-state index in [9.17, 15) is 4.79 Å². The minimum Gasteiger partial charge on any atom is -0.325 e. The molecule has 1 N–H and O–H groups in total. The minimum absolute atomic E-state index is 0.0593. The molecular weight excluding hydrogens is 486 g/mol. The van der Waals surface area contributed by atoms with Gasteiger partial charge in [-0.1, -0.05) is 74.5 Å². The molecule has 0 aliphatic carbocycles. The zero-order chi connectivity index (χ0) is 19.2. The Labute approximate surface area is 183 Å². The van der Waals surface area contributed by atoms with Crippen molar-refractivity contribution in [2.24, 2.45) is 0 Å². The van der Waals surface area contributed by atoms with Crippen LogP contribution in [0.25, 0.3) is 0 Å². The molecule has 140 valence electrons. The van der Waals surface area contributed by atoms with Gasteiger partial charge in [-0.3, -0.25) is 4.79 Å². The Morgan fingerprint density at radius 1 is 1.15 bits per heavy atom. The van der Waals surface area contributed by atoms with Gasteiger partial charge in [0, 0.05) is 20.9 Å². The number of nitrogens with one attached hydrogen (secondary N) is 1. The van der Waals surface area contributed by atoms with Crippen LogP contribution in [-0.2, 0) is 10.5 Å². The molecule has 0 saturated heterocycles. The Morgan fingerprint density at radius 3 is 2.56 bits per heavy atom. The molecule has 2 aromatic carbocycles. The Hall–Kier alpha value is -1.06. The van der Waals surface area contributed by atoms with Crippen molar-refractivity contribution in [2.75, 3.05) is 11.1 Å². The van der Waals surface area contributed by atoms with Crippen molar-refractivity contribution < 1.29 is 4.79 Å². The molecule has 0 spiro atoms. The molecule has 4 nitrogen and oxygen atoms in total. The predicted octanol–water partition coefficient (Wildman–Crippen LogP) is 6.29. The standard InChI is InChI=1S/C18H15BrClN3OS3/c1-11-8-13(19)4-7-15(11)21-16(24)10-26-18-23-22-17(27-18)25-9-12-2-5-14(20)6-3-12/h2-8H,9-10H2,1H3,(H,21,24). The van der Waals surface area contributed by atoms with Gasteiger partial charge in [0.2, 0.25) is 5.91 Å². The van der Waals surface area contributed by atoms with Gasteiger partial charge in [-0.2, -0.15) is 0 Å². The zero-order valence-electron chi connectivity index (χ0n) is 14.2. The van der Waals surface area contributed by atoms with E-state index in [0.29, 0.717) is 5.75 Å². The zero-order valence-corrected chi connectivity index (χ0v) is 19.0. The number of carbonyl (C=O) groups excluding carboxylic acids is 1. The van der Waals surface area contributed by atoms with Crippen LogP contribution < -0.4 is 5.32 Å². The molecule has 0 aliphatic heterocycles. The summed E-state index contributed by atoms with van der Waals surface area (Å²) in [6.45, 7) is 1.96. The molecule has 3 aromatic rings. The summed E-state index contributed by atoms with van der Waals surface area (Å²) >= 11 is 13.8. The summed E-state index contributed by atoms with van der Waals surface area (Å²) in [4.78, 5) is 12.2. The van der Waals surface area contributed by atoms with Gasteiger partial charge in [0.05, 0.1) is 5.75 Å². The van der Waals surface area contributed by atoms with Crippen LogP contribution in [0.4, 0.5) is 5.69 Å². The average Bonchev–Trinajstić information content (AvgIpc) is 3.10. The molecule has 27 heavy (non-hydrogen) atoms. The lowest BCUT2D eigenvalue weighted by Gasteiger charge is -2.07. The highest BCUT2D eigenvalue weighted by atomic mass is 79.9. The summed E-state index contributed by atoms with van der Waals surface area (Å²) in [5, 5.41) is 12.0. The van der Waals surface area contributed by atoms with Gasteiger partial charge < -0.3 is 5.32 Å². The number of aryl methyl sites for hydroxylation is 1. The first kappa shape index (κ1) is 20.7. The Bertz CT molecular complexity index is 934. The van der Waals surface area contributed by atoms with E-state index in [1.807, 2.05) is 49.4 Å². The maximum Gasteiger partial charge on any atom is 0.234 e. The van der Waals surface area contributed by atoms with Gasteiger partial charge in [-0.05, 0) is 48.4 Å². The molecule has 1 amide bonds. The number of thioether (sulfide) groups is 2. The Morgan fingerprint density at radius 2 is 1.85 bits per heavy atom. The summed E-state index contributed by atoms with van der Waals surface area (Å²) in [6.07, 6.45) is 0. The fourth-order valence-corrected chi connectivity index (χ4v) is 5.50. The van der Waals surface area contributed by atoms with E-state index in [2.05, 4.69) is 31.4 Å². The van der Waals surface area contributed by atoms with E-state index in [4.69, 9.17) is 11.6 Å². The van der Waals surface area contributed by atoms with Crippen LogP contribution in [0.2, 0.25) is 5.02 Å². The van der Waals surface area contributed by atoms with E-state index in [1.165, 1.54) is 28.7 Å². The van der Waals surface area contributed by atoms with Crippen LogP contribution in [-0.4, -0.2) is 21.9 Å². The van der Waals surface area contributed by atoms with E-state index in [-0.39, 0.29) is 5.91 Å². The highest BCUT2D eigenvalue weighted by Gasteiger charge is 2.10. The van der Waals surface area contributed by atoms with Gasteiger partial charge in [0.15, 0.2) is 8.68 Å². The summed E-state index contributed by atoms with van der Waals surface area (Å²) in [5.74, 6) is 1.04. The maximum absolute atomic E-state index is 12.2. The Kier molecular flexibility index (Phi) is 7.60. The number of anilines is 1. The fourth-order valence-electron chi connectivity index (χ4n) is 2.12. The molecule has 0 unspecified atom stereocenters. The van der Waals surface area contributed by atoms with Gasteiger partial charge in [0.1, 0.15) is 0 Å². The first-order chi connectivity index (χ1) is 13.0. The first-order valence-electron chi connectivity index (χ1n) is 7.89. The molecule has 0 aliphatic rings. The third-order valence-electron chi connectivity index (χ3n) is 3.45. The van der Waals surface area contributed by atoms with Crippen molar-refractivity contribution in [3.63, 3.8) is 0 Å². The van der Waals surface area contributed by atoms with Gasteiger partial charge in [-0.15, -0.1) is 10.2 Å². The summed E-state index contributed by atoms with van der Waals surface area (Å²) in [7, 11) is 0. The van der Waals surface area contributed by atoms with Crippen molar-refractivity contribution in [3.8, 4) is 0 Å². The first-order valence-corrected chi connectivity index (χ1v) is 11.8. The number of amides is 1. The summed E-state index contributed by atoms with van der Waals surface area (Å²) < 4.78 is 2.66. The second kappa shape index (κ2) is 9.93. The highest BCUT2D eigenvalue weighted by molar-refractivity contribution is 9.10. The molecular formula is C18H15BrClN3OS3. The number of benzene rings is 2. The molecule has 0 saturated carbocycles. The number of halogens is 2. The average molecular weight is 501 g/mol. The number of rotatable bonds is 7. The molecule has 9 heteroatoms. The second-order valence-corrected chi connectivity index (χ2v) is 10.3. The highest BCUT2D eigenvalue weighted by Crippen LogP contribution is 2.31. The van der Waals surface area contributed by atoms with Gasteiger partial charge in [0.25, 0.3) is 0 Å². The number of aromatic nitrogens is 2. The molecule has 0 radical (unpaired) electrons. The van der Waals surface area contributed by atoms with E-state index in [0.717, 1.165) is 35.2 Å². The summed E-state index contributed by atoms with van der Waals surface area (Å²) in [6, 6.07) is 13.5. The normalized spacial score (nSPS) is 10.8. The van der Waals surface area contributed by atoms with Crippen LogP contribution >= 0.6 is 62.4 Å². The number of hydrogen-bond donors (Lipinski definition) is 1. The molecule has 1 aromatic heterocycles. The lowest BCUT2D eigenvalue weighted by molar-refractivity contribution is -0.113. The fraction of sp³-hybridized carbons (Fsp3) is 0.167. The van der Waals surface area contributed by atoms with Crippen LogP contribution in [0.15, 0.2) is 55.6 Å². The van der Waals surface area contributed by atoms with Crippen LogP contribution in [0, 0.1) is 6.92 Å². The van der Waals surface area contributed by atoms with Gasteiger partial charge in [-0.25, -0.2) is 0 Å². The SMILES string of the molecule is Cc1cc(Br)ccc1NC(=O)CSc1nnc(SCc2ccc(Cl)cc2)s1. The van der Waals surface area contributed by atoms with E-state index >= 15 is 0 Å². The third kappa shape index (κ3) is 6.50. The summed E-state index contributed by atoms with van der Waals surface area (Å²) in [5.41, 5.74) is 3.01. The lowest BCUT2D eigenvalue weighted by Crippen LogP contribution is -2.14. The molecule has 1 heterocycles. The van der Waals surface area contributed by atoms with E-state index < -0.39 is 0 Å². The maximum atomic E-state index is 12.2. The van der Waals surface area contributed by atoms with Crippen molar-refractivity contribution in [3.05, 3.63) is 63.1 Å². The number of nitrogens with zero attached hydrogens (tertiary/aromatic N) is 2. The second-order valence-electron chi connectivity index (χ2n) is 5.55. The smallest absolute Gasteiger partial charge is 0.234 e. The molecule has 0 atom stereocenters. The minimum atomic E-state index is -0.0593. The molecule has 3 rings (SSSR count). The van der Waals surface area contributed by atoms with Crippen LogP contribution in [0.1, 0.15) is 11.1 Å². The lowest BCUT2D eigenvalue weighted by atomic mass is 10.2. The topological polar surface area (TPSA) is 54.9 Å². The largest absolute Gasteiger partial charge is 0.325 e. The molecule has 0 fully saturated rings. The Balaban J connectivity index is 1.47. The quantitative estimate of drug-likeness (QED) is 0.387. The predicted molar refractivity (Wildman–Crippen MR) is 119 cm³/mol. The monoisotopic (exact) mass is 499 g/mol. The number of carbonyl (C=O) groups is 1. The van der Waals surface area contributed by atoms with Crippen molar-refractivity contribution in [1.82, 2.24) is 10.2 Å². The van der Waals surface area contributed by atoms with Crippen LogP contribution in [0.5, 0.6) is 0 Å². The number of hydrogen-bond acceptors (Lipinski definition) is 6.